The quantitative estimate of drug-likeness (QED) is 0.787. The summed E-state index contributed by atoms with van der Waals surface area (Å²) in [6.07, 6.45) is 1.73. The molecule has 0 radical (unpaired) electrons. The number of amides is 1. The third-order valence-corrected chi connectivity index (χ3v) is 3.19. The van der Waals surface area contributed by atoms with Crippen LogP contribution in [-0.2, 0) is 6.54 Å². The van der Waals surface area contributed by atoms with Crippen LogP contribution in [0.2, 0.25) is 0 Å². The molecule has 0 aliphatic rings. The van der Waals surface area contributed by atoms with E-state index < -0.39 is 0 Å². The molecule has 0 atom stereocenters. The maximum atomic E-state index is 12.3. The molecule has 0 unspecified atom stereocenters. The van der Waals surface area contributed by atoms with Crippen LogP contribution in [0.4, 0.5) is 0 Å². The summed E-state index contributed by atoms with van der Waals surface area (Å²) in [7, 11) is 0. The van der Waals surface area contributed by atoms with E-state index in [9.17, 15) is 4.79 Å². The summed E-state index contributed by atoms with van der Waals surface area (Å²) in [5, 5.41) is 3.82. The molecule has 3 aromatic rings. The Hall–Kier alpha value is -2.68. The number of carbonyl (C=O) groups is 1. The fourth-order valence-corrected chi connectivity index (χ4v) is 2.17. The molecule has 20 heavy (non-hydrogen) atoms. The molecule has 0 spiro atoms. The Balaban J connectivity index is 1.82. The van der Waals surface area contributed by atoms with E-state index in [0.29, 0.717) is 12.1 Å². The van der Waals surface area contributed by atoms with Crippen molar-refractivity contribution in [2.24, 2.45) is 0 Å². The van der Waals surface area contributed by atoms with Gasteiger partial charge in [-0.15, -0.1) is 0 Å². The Morgan fingerprint density at radius 1 is 0.950 bits per heavy atom. The molecule has 0 aliphatic heterocycles. The van der Waals surface area contributed by atoms with Gasteiger partial charge in [-0.05, 0) is 23.8 Å². The van der Waals surface area contributed by atoms with Crippen LogP contribution in [0.1, 0.15) is 15.9 Å². The number of fused-ring (bicyclic) bond motifs is 1. The Bertz CT molecular complexity index is 733. The Labute approximate surface area is 117 Å². The van der Waals surface area contributed by atoms with Gasteiger partial charge in [0.05, 0.1) is 5.52 Å². The molecule has 3 heteroatoms. The molecule has 1 N–H and O–H groups in total. The second-order valence-corrected chi connectivity index (χ2v) is 4.54. The lowest BCUT2D eigenvalue weighted by molar-refractivity contribution is 0.0952. The maximum Gasteiger partial charge on any atom is 0.252 e. The van der Waals surface area contributed by atoms with Crippen LogP contribution in [0.3, 0.4) is 0 Å². The Morgan fingerprint density at radius 2 is 1.80 bits per heavy atom. The summed E-state index contributed by atoms with van der Waals surface area (Å²) >= 11 is 0. The molecule has 1 amide bonds. The van der Waals surface area contributed by atoms with E-state index in [4.69, 9.17) is 0 Å². The normalized spacial score (nSPS) is 10.4. The molecule has 0 bridgehead atoms. The second kappa shape index (κ2) is 5.53. The number of rotatable bonds is 3. The van der Waals surface area contributed by atoms with Crippen LogP contribution in [-0.4, -0.2) is 10.9 Å². The van der Waals surface area contributed by atoms with Gasteiger partial charge in [-0.25, -0.2) is 0 Å². The predicted octanol–water partition coefficient (Wildman–Crippen LogP) is 3.16. The number of nitrogens with one attached hydrogen (secondary N) is 1. The number of hydrogen-bond acceptors (Lipinski definition) is 2. The Kier molecular flexibility index (Phi) is 3.42. The van der Waals surface area contributed by atoms with Crippen LogP contribution in [0, 0.1) is 0 Å². The molecule has 3 nitrogen and oxygen atoms in total. The fraction of sp³-hybridized carbons (Fsp3) is 0.0588. The van der Waals surface area contributed by atoms with Crippen molar-refractivity contribution in [3.8, 4) is 0 Å². The standard InChI is InChI=1S/C17H14N2O/c20-17(19-12-13-6-2-1-3-7-13)15-8-4-10-16-14(15)9-5-11-18-16/h1-11H,12H2,(H,19,20). The van der Waals surface area contributed by atoms with E-state index >= 15 is 0 Å². The number of pyridine rings is 1. The topological polar surface area (TPSA) is 42.0 Å². The van der Waals surface area contributed by atoms with Gasteiger partial charge in [-0.2, -0.15) is 0 Å². The molecular weight excluding hydrogens is 248 g/mol. The van der Waals surface area contributed by atoms with E-state index in [-0.39, 0.29) is 5.91 Å². The van der Waals surface area contributed by atoms with Crippen molar-refractivity contribution in [3.63, 3.8) is 0 Å². The van der Waals surface area contributed by atoms with Crippen LogP contribution in [0.25, 0.3) is 10.9 Å². The summed E-state index contributed by atoms with van der Waals surface area (Å²) in [6, 6.07) is 19.2. The van der Waals surface area contributed by atoms with E-state index in [1.165, 1.54) is 0 Å². The van der Waals surface area contributed by atoms with Crippen molar-refractivity contribution < 1.29 is 4.79 Å². The zero-order chi connectivity index (χ0) is 13.8. The van der Waals surface area contributed by atoms with Crippen molar-refractivity contribution in [1.29, 1.82) is 0 Å². The van der Waals surface area contributed by atoms with Gasteiger partial charge in [0, 0.05) is 23.7 Å². The average molecular weight is 262 g/mol. The number of hydrogen-bond donors (Lipinski definition) is 1. The molecule has 0 saturated carbocycles. The van der Waals surface area contributed by atoms with Gasteiger partial charge < -0.3 is 5.32 Å². The van der Waals surface area contributed by atoms with Crippen molar-refractivity contribution in [3.05, 3.63) is 78.0 Å². The molecule has 3 rings (SSSR count). The minimum atomic E-state index is -0.0764. The van der Waals surface area contributed by atoms with Gasteiger partial charge in [0.2, 0.25) is 0 Å². The lowest BCUT2D eigenvalue weighted by Crippen LogP contribution is -2.23. The molecule has 1 heterocycles. The zero-order valence-electron chi connectivity index (χ0n) is 10.9. The summed E-state index contributed by atoms with van der Waals surface area (Å²) in [6.45, 7) is 0.524. The summed E-state index contributed by atoms with van der Waals surface area (Å²) in [5.41, 5.74) is 2.57. The number of carbonyl (C=O) groups excluding carboxylic acids is 1. The third kappa shape index (κ3) is 2.52. The molecule has 0 saturated heterocycles. The highest BCUT2D eigenvalue weighted by atomic mass is 16.1. The van der Waals surface area contributed by atoms with Crippen LogP contribution in [0.5, 0.6) is 0 Å². The molecular formula is C17H14N2O. The number of aromatic nitrogens is 1. The van der Waals surface area contributed by atoms with Crippen molar-refractivity contribution in [1.82, 2.24) is 10.3 Å². The lowest BCUT2D eigenvalue weighted by atomic mass is 10.1. The monoisotopic (exact) mass is 262 g/mol. The van der Waals surface area contributed by atoms with Crippen LogP contribution >= 0.6 is 0 Å². The maximum absolute atomic E-state index is 12.3. The first-order valence-electron chi connectivity index (χ1n) is 6.50. The van der Waals surface area contributed by atoms with Crippen molar-refractivity contribution in [2.45, 2.75) is 6.54 Å². The molecule has 1 aromatic heterocycles. The van der Waals surface area contributed by atoms with Crippen LogP contribution in [0.15, 0.2) is 66.9 Å². The smallest absolute Gasteiger partial charge is 0.252 e. The first kappa shape index (κ1) is 12.4. The summed E-state index contributed by atoms with van der Waals surface area (Å²) < 4.78 is 0. The largest absolute Gasteiger partial charge is 0.348 e. The van der Waals surface area contributed by atoms with E-state index in [1.54, 1.807) is 6.20 Å². The van der Waals surface area contributed by atoms with E-state index in [0.717, 1.165) is 16.5 Å². The number of nitrogens with zero attached hydrogens (tertiary/aromatic N) is 1. The SMILES string of the molecule is O=C(NCc1ccccc1)c1cccc2ncccc12. The third-order valence-electron chi connectivity index (χ3n) is 3.19. The molecule has 2 aromatic carbocycles. The van der Waals surface area contributed by atoms with Gasteiger partial charge in [0.1, 0.15) is 0 Å². The minimum absolute atomic E-state index is 0.0764. The highest BCUT2D eigenvalue weighted by molar-refractivity contribution is 6.06. The van der Waals surface area contributed by atoms with Gasteiger partial charge in [-0.3, -0.25) is 9.78 Å². The molecule has 98 valence electrons. The lowest BCUT2D eigenvalue weighted by Gasteiger charge is -2.07. The molecule has 0 fully saturated rings. The first-order chi connectivity index (χ1) is 9.84. The highest BCUT2D eigenvalue weighted by Crippen LogP contribution is 2.16. The molecule has 0 aliphatic carbocycles. The van der Waals surface area contributed by atoms with Gasteiger partial charge in [0.25, 0.3) is 5.91 Å². The summed E-state index contributed by atoms with van der Waals surface area (Å²) in [4.78, 5) is 16.6. The van der Waals surface area contributed by atoms with E-state index in [1.807, 2.05) is 60.7 Å². The summed E-state index contributed by atoms with van der Waals surface area (Å²) in [5.74, 6) is -0.0764. The van der Waals surface area contributed by atoms with Gasteiger partial charge in [-0.1, -0.05) is 42.5 Å². The van der Waals surface area contributed by atoms with Crippen molar-refractivity contribution in [2.75, 3.05) is 0 Å². The predicted molar refractivity (Wildman–Crippen MR) is 79.4 cm³/mol. The van der Waals surface area contributed by atoms with Crippen LogP contribution < -0.4 is 5.32 Å². The fourth-order valence-electron chi connectivity index (χ4n) is 2.17. The van der Waals surface area contributed by atoms with Gasteiger partial charge >= 0.3 is 0 Å². The highest BCUT2D eigenvalue weighted by Gasteiger charge is 2.09. The van der Waals surface area contributed by atoms with E-state index in [2.05, 4.69) is 10.3 Å². The minimum Gasteiger partial charge on any atom is -0.348 e. The first-order valence-corrected chi connectivity index (χ1v) is 6.50. The zero-order valence-corrected chi connectivity index (χ0v) is 10.9. The number of benzene rings is 2. The van der Waals surface area contributed by atoms with Crippen molar-refractivity contribution >= 4 is 16.8 Å². The second-order valence-electron chi connectivity index (χ2n) is 4.54. The Morgan fingerprint density at radius 3 is 2.65 bits per heavy atom. The van der Waals surface area contributed by atoms with Gasteiger partial charge in [0.15, 0.2) is 0 Å². The average Bonchev–Trinajstić information content (AvgIpc) is 2.53.